The Morgan fingerprint density at radius 2 is 1.50 bits per heavy atom. The van der Waals surface area contributed by atoms with Crippen molar-refractivity contribution in [2.45, 2.75) is 6.92 Å². The van der Waals surface area contributed by atoms with Gasteiger partial charge in [0, 0.05) is 23.3 Å². The van der Waals surface area contributed by atoms with Gasteiger partial charge < -0.3 is 5.21 Å². The van der Waals surface area contributed by atoms with Crippen LogP contribution in [-0.2, 0) is 0 Å². The van der Waals surface area contributed by atoms with Crippen LogP contribution >= 0.6 is 9.90 Å². The van der Waals surface area contributed by atoms with Crippen LogP contribution in [0.3, 0.4) is 0 Å². The summed E-state index contributed by atoms with van der Waals surface area (Å²) in [7, 11) is 0. The van der Waals surface area contributed by atoms with Crippen LogP contribution in [0.15, 0.2) is 53.7 Å². The van der Waals surface area contributed by atoms with Gasteiger partial charge in [-0.05, 0) is 19.1 Å². The first-order valence-electron chi connectivity index (χ1n) is 5.66. The van der Waals surface area contributed by atoms with Crippen molar-refractivity contribution in [2.75, 3.05) is 0 Å². The number of aryl methyl sites for hydroxylation is 1. The maximum atomic E-state index is 10.6. The minimum absolute atomic E-state index is 0. The molecule has 2 aromatic rings. The standard InChI is InChI=1S/C14H12N2O3.H3P/c1-10-2-4-11(5-3-10)14(15-17)12-6-8-13(9-7-12)16(18)19;/h2-9,17H,1H3;1H3/b15-14-;. The Morgan fingerprint density at radius 3 is 1.90 bits per heavy atom. The molecule has 0 aliphatic heterocycles. The normalized spacial score (nSPS) is 10.8. The Hall–Kier alpha value is -2.26. The third kappa shape index (κ3) is 3.39. The van der Waals surface area contributed by atoms with Gasteiger partial charge in [0.05, 0.1) is 4.92 Å². The Labute approximate surface area is 119 Å². The van der Waals surface area contributed by atoms with E-state index in [9.17, 15) is 10.1 Å². The van der Waals surface area contributed by atoms with E-state index in [1.165, 1.54) is 12.1 Å². The number of hydrogen-bond donors (Lipinski definition) is 1. The van der Waals surface area contributed by atoms with E-state index < -0.39 is 4.92 Å². The smallest absolute Gasteiger partial charge is 0.269 e. The molecule has 5 nitrogen and oxygen atoms in total. The maximum Gasteiger partial charge on any atom is 0.269 e. The van der Waals surface area contributed by atoms with Crippen molar-refractivity contribution in [3.05, 3.63) is 75.3 Å². The Kier molecular flexibility index (Phi) is 5.35. The molecule has 1 N–H and O–H groups in total. The van der Waals surface area contributed by atoms with Crippen LogP contribution in [0.25, 0.3) is 0 Å². The van der Waals surface area contributed by atoms with Gasteiger partial charge >= 0.3 is 0 Å². The number of oxime groups is 1. The third-order valence-corrected chi connectivity index (χ3v) is 2.78. The van der Waals surface area contributed by atoms with Gasteiger partial charge in [0.2, 0.25) is 0 Å². The largest absolute Gasteiger partial charge is 0.410 e. The highest BCUT2D eigenvalue weighted by Gasteiger charge is 2.10. The Balaban J connectivity index is 0.00000200. The predicted octanol–water partition coefficient (Wildman–Crippen LogP) is 3.19. The number of nitro groups is 1. The van der Waals surface area contributed by atoms with Gasteiger partial charge in [-0.15, -0.1) is 0 Å². The van der Waals surface area contributed by atoms with Gasteiger partial charge in [-0.2, -0.15) is 9.90 Å². The third-order valence-electron chi connectivity index (χ3n) is 2.78. The van der Waals surface area contributed by atoms with Crippen molar-refractivity contribution >= 4 is 21.3 Å². The lowest BCUT2D eigenvalue weighted by atomic mass is 10.0. The zero-order chi connectivity index (χ0) is 13.8. The summed E-state index contributed by atoms with van der Waals surface area (Å²) in [5.74, 6) is 0. The molecule has 2 aromatic carbocycles. The van der Waals surface area contributed by atoms with E-state index in [0.717, 1.165) is 11.1 Å². The molecule has 0 aliphatic rings. The lowest BCUT2D eigenvalue weighted by Crippen LogP contribution is -2.03. The molecular formula is C14H15N2O3P. The minimum atomic E-state index is -0.467. The molecule has 0 saturated heterocycles. The van der Waals surface area contributed by atoms with Gasteiger partial charge in [-0.1, -0.05) is 35.0 Å². The second-order valence-electron chi connectivity index (χ2n) is 4.12. The molecule has 6 heteroatoms. The molecule has 0 amide bonds. The fourth-order valence-corrected chi connectivity index (χ4v) is 1.73. The number of non-ortho nitro benzene ring substituents is 1. The first-order valence-corrected chi connectivity index (χ1v) is 5.66. The maximum absolute atomic E-state index is 10.6. The molecule has 20 heavy (non-hydrogen) atoms. The molecule has 0 bridgehead atoms. The minimum Gasteiger partial charge on any atom is -0.410 e. The second kappa shape index (κ2) is 6.78. The van der Waals surface area contributed by atoms with Crippen LogP contribution in [-0.4, -0.2) is 15.8 Å². The number of rotatable bonds is 3. The van der Waals surface area contributed by atoms with Gasteiger partial charge in [0.15, 0.2) is 0 Å². The second-order valence-corrected chi connectivity index (χ2v) is 4.12. The first-order chi connectivity index (χ1) is 9.11. The van der Waals surface area contributed by atoms with Crippen LogP contribution in [0, 0.1) is 17.0 Å². The van der Waals surface area contributed by atoms with Gasteiger partial charge in [0.1, 0.15) is 5.71 Å². The lowest BCUT2D eigenvalue weighted by Gasteiger charge is -2.05. The Bertz CT molecular complexity index is 622. The van der Waals surface area contributed by atoms with E-state index in [2.05, 4.69) is 5.16 Å². The molecule has 104 valence electrons. The van der Waals surface area contributed by atoms with Gasteiger partial charge in [-0.25, -0.2) is 0 Å². The number of benzene rings is 2. The van der Waals surface area contributed by atoms with Gasteiger partial charge in [-0.3, -0.25) is 10.1 Å². The van der Waals surface area contributed by atoms with Crippen LogP contribution < -0.4 is 0 Å². The van der Waals surface area contributed by atoms with Crippen molar-refractivity contribution in [3.63, 3.8) is 0 Å². The number of nitrogens with zero attached hydrogens (tertiary/aromatic N) is 2. The lowest BCUT2D eigenvalue weighted by molar-refractivity contribution is -0.384. The fraction of sp³-hybridized carbons (Fsp3) is 0.0714. The highest BCUT2D eigenvalue weighted by atomic mass is 31.0. The first kappa shape index (κ1) is 15.8. The van der Waals surface area contributed by atoms with Crippen molar-refractivity contribution in [2.24, 2.45) is 5.16 Å². The molecule has 1 atom stereocenters. The highest BCUT2D eigenvalue weighted by molar-refractivity contribution is 6.92. The molecule has 0 spiro atoms. The highest BCUT2D eigenvalue weighted by Crippen LogP contribution is 2.16. The summed E-state index contributed by atoms with van der Waals surface area (Å²) in [5.41, 5.74) is 2.86. The van der Waals surface area contributed by atoms with E-state index in [1.54, 1.807) is 12.1 Å². The van der Waals surface area contributed by atoms with Crippen LogP contribution in [0.1, 0.15) is 16.7 Å². The quantitative estimate of drug-likeness (QED) is 0.310. The molecule has 0 heterocycles. The predicted molar refractivity (Wildman–Crippen MR) is 82.8 cm³/mol. The van der Waals surface area contributed by atoms with E-state index in [4.69, 9.17) is 5.21 Å². The topological polar surface area (TPSA) is 75.7 Å². The Morgan fingerprint density at radius 1 is 1.05 bits per heavy atom. The summed E-state index contributed by atoms with van der Waals surface area (Å²) in [4.78, 5) is 10.1. The van der Waals surface area contributed by atoms with Crippen molar-refractivity contribution in [1.82, 2.24) is 0 Å². The molecule has 0 aromatic heterocycles. The summed E-state index contributed by atoms with van der Waals surface area (Å²) in [6.45, 7) is 1.96. The van der Waals surface area contributed by atoms with Crippen LogP contribution in [0.5, 0.6) is 0 Å². The monoisotopic (exact) mass is 290 g/mol. The average Bonchev–Trinajstić information content (AvgIpc) is 2.42. The summed E-state index contributed by atoms with van der Waals surface area (Å²) in [6.07, 6.45) is 0. The molecule has 0 fully saturated rings. The molecule has 0 saturated carbocycles. The number of hydrogen-bond acceptors (Lipinski definition) is 4. The SMILES string of the molecule is Cc1ccc(/C(=N/O)c2ccc([N+](=O)[O-])cc2)cc1.P. The van der Waals surface area contributed by atoms with Gasteiger partial charge in [0.25, 0.3) is 5.69 Å². The van der Waals surface area contributed by atoms with Crippen LogP contribution in [0.2, 0.25) is 0 Å². The average molecular weight is 290 g/mol. The summed E-state index contributed by atoms with van der Waals surface area (Å²) in [5, 5.41) is 23.0. The van der Waals surface area contributed by atoms with E-state index >= 15 is 0 Å². The summed E-state index contributed by atoms with van der Waals surface area (Å²) in [6, 6.07) is 13.4. The molecular weight excluding hydrogens is 275 g/mol. The molecule has 1 unspecified atom stereocenters. The van der Waals surface area contributed by atoms with Crippen LogP contribution in [0.4, 0.5) is 5.69 Å². The molecule has 0 radical (unpaired) electrons. The molecule has 2 rings (SSSR count). The van der Waals surface area contributed by atoms with E-state index in [1.807, 2.05) is 31.2 Å². The van der Waals surface area contributed by atoms with E-state index in [0.29, 0.717) is 11.3 Å². The zero-order valence-corrected chi connectivity index (χ0v) is 12.4. The number of nitro benzene ring substituents is 1. The summed E-state index contributed by atoms with van der Waals surface area (Å²) < 4.78 is 0. The molecule has 0 aliphatic carbocycles. The zero-order valence-electron chi connectivity index (χ0n) is 11.0. The van der Waals surface area contributed by atoms with E-state index in [-0.39, 0.29) is 15.6 Å². The van der Waals surface area contributed by atoms with Crippen molar-refractivity contribution in [1.29, 1.82) is 0 Å². The fourth-order valence-electron chi connectivity index (χ4n) is 1.73. The summed E-state index contributed by atoms with van der Waals surface area (Å²) >= 11 is 0. The van der Waals surface area contributed by atoms with Crippen molar-refractivity contribution < 1.29 is 10.1 Å². The van der Waals surface area contributed by atoms with Crippen molar-refractivity contribution in [3.8, 4) is 0 Å².